The number of benzene rings is 3. The van der Waals surface area contributed by atoms with Crippen LogP contribution in [0.3, 0.4) is 0 Å². The number of hydrogen-bond donors (Lipinski definition) is 1. The fourth-order valence-electron chi connectivity index (χ4n) is 3.29. The van der Waals surface area contributed by atoms with Gasteiger partial charge >= 0.3 is 0 Å². The topological polar surface area (TPSA) is 52.0 Å². The molecule has 0 fully saturated rings. The molecule has 0 radical (unpaired) electrons. The monoisotopic (exact) mass is 452 g/mol. The van der Waals surface area contributed by atoms with E-state index in [0.717, 1.165) is 33.8 Å². The van der Waals surface area contributed by atoms with E-state index in [1.807, 2.05) is 72.8 Å². The summed E-state index contributed by atoms with van der Waals surface area (Å²) in [5, 5.41) is 14.1. The zero-order chi connectivity index (χ0) is 21.6. The van der Waals surface area contributed by atoms with Crippen molar-refractivity contribution >= 4 is 23.2 Å². The van der Waals surface area contributed by atoms with Gasteiger partial charge < -0.3 is 10.1 Å². The van der Waals surface area contributed by atoms with Crippen LogP contribution in [-0.4, -0.2) is 22.1 Å². The first-order valence-corrected chi connectivity index (χ1v) is 10.7. The molecule has 1 aromatic heterocycles. The zero-order valence-electron chi connectivity index (χ0n) is 17.1. The first kappa shape index (κ1) is 21.4. The SMILES string of the molecule is COc1ccc(CNCc2nn(Cc3c(Cl)cccc3Cl)nc2-c2ccccc2)cc1. The molecular weight excluding hydrogens is 431 g/mol. The number of methoxy groups -OCH3 is 1. The lowest BCUT2D eigenvalue weighted by molar-refractivity contribution is 0.414. The quantitative estimate of drug-likeness (QED) is 0.378. The molecule has 5 nitrogen and oxygen atoms in total. The summed E-state index contributed by atoms with van der Waals surface area (Å²) < 4.78 is 5.22. The van der Waals surface area contributed by atoms with Crippen LogP contribution in [0.15, 0.2) is 72.8 Å². The van der Waals surface area contributed by atoms with Crippen molar-refractivity contribution in [2.45, 2.75) is 19.6 Å². The highest BCUT2D eigenvalue weighted by atomic mass is 35.5. The lowest BCUT2D eigenvalue weighted by atomic mass is 10.1. The van der Waals surface area contributed by atoms with Gasteiger partial charge in [-0.3, -0.25) is 0 Å². The number of rotatable bonds is 8. The third kappa shape index (κ3) is 5.25. The first-order chi connectivity index (χ1) is 15.1. The van der Waals surface area contributed by atoms with E-state index in [1.165, 1.54) is 0 Å². The van der Waals surface area contributed by atoms with Crippen LogP contribution in [0.2, 0.25) is 10.0 Å². The second kappa shape index (κ2) is 9.96. The molecule has 0 spiro atoms. The van der Waals surface area contributed by atoms with Gasteiger partial charge in [-0.25, -0.2) is 0 Å². The molecule has 0 unspecified atom stereocenters. The van der Waals surface area contributed by atoms with E-state index in [2.05, 4.69) is 5.32 Å². The zero-order valence-corrected chi connectivity index (χ0v) is 18.6. The molecule has 1 heterocycles. The van der Waals surface area contributed by atoms with Gasteiger partial charge in [0.2, 0.25) is 0 Å². The summed E-state index contributed by atoms with van der Waals surface area (Å²) in [6.07, 6.45) is 0. The number of nitrogens with one attached hydrogen (secondary N) is 1. The standard InChI is InChI=1S/C24H22Cl2N4O/c1-31-19-12-10-17(11-13-19)14-27-15-23-24(18-6-3-2-4-7-18)29-30(28-23)16-20-21(25)8-5-9-22(20)26/h2-13,27H,14-16H2,1H3. The van der Waals surface area contributed by atoms with E-state index in [0.29, 0.717) is 29.7 Å². The summed E-state index contributed by atoms with van der Waals surface area (Å²) in [6.45, 7) is 1.69. The number of nitrogens with zero attached hydrogens (tertiary/aromatic N) is 3. The van der Waals surface area contributed by atoms with Crippen LogP contribution < -0.4 is 10.1 Å². The molecule has 4 aromatic rings. The van der Waals surface area contributed by atoms with Crippen molar-refractivity contribution in [2.75, 3.05) is 7.11 Å². The third-order valence-corrected chi connectivity index (χ3v) is 5.62. The van der Waals surface area contributed by atoms with Crippen molar-refractivity contribution in [2.24, 2.45) is 0 Å². The van der Waals surface area contributed by atoms with Crippen LogP contribution in [-0.2, 0) is 19.6 Å². The maximum atomic E-state index is 6.34. The van der Waals surface area contributed by atoms with Gasteiger partial charge in [0.15, 0.2) is 0 Å². The Balaban J connectivity index is 1.55. The average Bonchev–Trinajstić information content (AvgIpc) is 3.20. The Labute approximate surface area is 191 Å². The minimum Gasteiger partial charge on any atom is -0.497 e. The number of hydrogen-bond acceptors (Lipinski definition) is 4. The minimum atomic E-state index is 0.400. The molecule has 1 N–H and O–H groups in total. The van der Waals surface area contributed by atoms with E-state index in [4.69, 9.17) is 38.1 Å². The Bertz CT molecular complexity index is 1120. The van der Waals surface area contributed by atoms with Crippen molar-refractivity contribution in [3.8, 4) is 17.0 Å². The molecule has 158 valence electrons. The van der Waals surface area contributed by atoms with Crippen molar-refractivity contribution in [3.63, 3.8) is 0 Å². The van der Waals surface area contributed by atoms with Gasteiger partial charge in [-0.05, 0) is 29.8 Å². The molecule has 0 aliphatic heterocycles. The summed E-state index contributed by atoms with van der Waals surface area (Å²) in [5.41, 5.74) is 4.68. The Morgan fingerprint density at radius 3 is 2.23 bits per heavy atom. The maximum absolute atomic E-state index is 6.34. The van der Waals surface area contributed by atoms with Gasteiger partial charge in [0.1, 0.15) is 17.1 Å². The summed E-state index contributed by atoms with van der Waals surface area (Å²) in [6, 6.07) is 23.5. The molecule has 0 aliphatic carbocycles. The Kier molecular flexibility index (Phi) is 6.87. The summed E-state index contributed by atoms with van der Waals surface area (Å²) in [7, 11) is 1.66. The molecular formula is C24H22Cl2N4O. The molecule has 31 heavy (non-hydrogen) atoms. The molecule has 4 rings (SSSR count). The maximum Gasteiger partial charge on any atom is 0.118 e. The van der Waals surface area contributed by atoms with Crippen molar-refractivity contribution < 1.29 is 4.74 Å². The predicted molar refractivity (Wildman–Crippen MR) is 125 cm³/mol. The van der Waals surface area contributed by atoms with Gasteiger partial charge in [0, 0.05) is 34.3 Å². The van der Waals surface area contributed by atoms with Gasteiger partial charge in [-0.2, -0.15) is 15.0 Å². The fourth-order valence-corrected chi connectivity index (χ4v) is 3.80. The summed E-state index contributed by atoms with van der Waals surface area (Å²) in [4.78, 5) is 1.65. The minimum absolute atomic E-state index is 0.400. The molecule has 3 aromatic carbocycles. The van der Waals surface area contributed by atoms with Crippen LogP contribution in [0.5, 0.6) is 5.75 Å². The van der Waals surface area contributed by atoms with Crippen molar-refractivity contribution in [1.29, 1.82) is 0 Å². The van der Waals surface area contributed by atoms with Crippen molar-refractivity contribution in [3.05, 3.63) is 99.7 Å². The van der Waals surface area contributed by atoms with Crippen LogP contribution in [0.4, 0.5) is 0 Å². The van der Waals surface area contributed by atoms with Gasteiger partial charge in [0.25, 0.3) is 0 Å². The molecule has 0 bridgehead atoms. The molecule has 0 saturated carbocycles. The van der Waals surface area contributed by atoms with E-state index in [-0.39, 0.29) is 0 Å². The third-order valence-electron chi connectivity index (χ3n) is 4.91. The lowest BCUT2D eigenvalue weighted by Gasteiger charge is -2.06. The van der Waals surface area contributed by atoms with E-state index in [1.54, 1.807) is 11.9 Å². The Hall–Kier alpha value is -2.86. The van der Waals surface area contributed by atoms with Crippen molar-refractivity contribution in [1.82, 2.24) is 20.3 Å². The Morgan fingerprint density at radius 2 is 1.55 bits per heavy atom. The number of halogens is 2. The highest BCUT2D eigenvalue weighted by Crippen LogP contribution is 2.26. The van der Waals surface area contributed by atoms with E-state index >= 15 is 0 Å². The van der Waals surface area contributed by atoms with Gasteiger partial charge in [-0.15, -0.1) is 0 Å². The normalized spacial score (nSPS) is 10.9. The largest absolute Gasteiger partial charge is 0.497 e. The molecule has 0 atom stereocenters. The second-order valence-corrected chi connectivity index (χ2v) is 7.86. The smallest absolute Gasteiger partial charge is 0.118 e. The number of aromatic nitrogens is 3. The van der Waals surface area contributed by atoms with Crippen LogP contribution in [0, 0.1) is 0 Å². The van der Waals surface area contributed by atoms with Gasteiger partial charge in [0.05, 0.1) is 13.7 Å². The number of ether oxygens (including phenoxy) is 1. The Morgan fingerprint density at radius 1 is 0.839 bits per heavy atom. The highest BCUT2D eigenvalue weighted by molar-refractivity contribution is 6.35. The van der Waals surface area contributed by atoms with Crippen LogP contribution >= 0.6 is 23.2 Å². The molecule has 0 saturated heterocycles. The summed E-state index contributed by atoms with van der Waals surface area (Å²) in [5.74, 6) is 0.844. The lowest BCUT2D eigenvalue weighted by Crippen LogP contribution is -2.14. The summed E-state index contributed by atoms with van der Waals surface area (Å²) >= 11 is 12.7. The van der Waals surface area contributed by atoms with Gasteiger partial charge in [-0.1, -0.05) is 71.7 Å². The first-order valence-electron chi connectivity index (χ1n) is 9.90. The molecule has 0 amide bonds. The van der Waals surface area contributed by atoms with E-state index < -0.39 is 0 Å². The van der Waals surface area contributed by atoms with Crippen LogP contribution in [0.1, 0.15) is 16.8 Å². The highest BCUT2D eigenvalue weighted by Gasteiger charge is 2.15. The molecule has 0 aliphatic rings. The second-order valence-electron chi connectivity index (χ2n) is 7.04. The molecule has 7 heteroatoms. The average molecular weight is 453 g/mol. The van der Waals surface area contributed by atoms with Crippen LogP contribution in [0.25, 0.3) is 11.3 Å². The fraction of sp³-hybridized carbons (Fsp3) is 0.167. The predicted octanol–water partition coefficient (Wildman–Crippen LogP) is 5.60. The van der Waals surface area contributed by atoms with E-state index in [9.17, 15) is 0 Å².